The third-order valence-corrected chi connectivity index (χ3v) is 4.50. The maximum absolute atomic E-state index is 13.0. The minimum Gasteiger partial charge on any atom is -0.505 e. The highest BCUT2D eigenvalue weighted by atomic mass is 32.1. The fourth-order valence-electron chi connectivity index (χ4n) is 2.42. The van der Waals surface area contributed by atoms with E-state index in [9.17, 15) is 27.9 Å². The van der Waals surface area contributed by atoms with E-state index in [1.54, 1.807) is 11.4 Å². The maximum atomic E-state index is 13.0. The first-order valence-electron chi connectivity index (χ1n) is 7.05. The lowest BCUT2D eigenvalue weighted by atomic mass is 10.1. The number of amides is 1. The molecule has 0 spiro atoms. The molecule has 25 heavy (non-hydrogen) atoms. The normalized spacial score (nSPS) is 11.6. The van der Waals surface area contributed by atoms with E-state index in [0.29, 0.717) is 10.2 Å². The highest BCUT2D eigenvalue weighted by Crippen LogP contribution is 2.32. The first kappa shape index (κ1) is 17.0. The van der Waals surface area contributed by atoms with Gasteiger partial charge in [-0.1, -0.05) is 18.2 Å². The van der Waals surface area contributed by atoms with Crippen LogP contribution < -0.4 is 10.9 Å². The Bertz CT molecular complexity index is 1010. The first-order valence-corrected chi connectivity index (χ1v) is 7.92. The van der Waals surface area contributed by atoms with Gasteiger partial charge in [-0.25, -0.2) is 0 Å². The quantitative estimate of drug-likeness (QED) is 0.664. The van der Waals surface area contributed by atoms with Gasteiger partial charge < -0.3 is 15.4 Å². The van der Waals surface area contributed by atoms with E-state index in [1.165, 1.54) is 18.2 Å². The topological polar surface area (TPSA) is 82.2 Å². The molecule has 3 aromatic rings. The molecule has 0 aliphatic rings. The van der Waals surface area contributed by atoms with Crippen LogP contribution in [0, 0.1) is 0 Å². The fraction of sp³-hybridized carbons (Fsp3) is 0.125. The van der Waals surface area contributed by atoms with Crippen LogP contribution >= 0.6 is 11.3 Å². The summed E-state index contributed by atoms with van der Waals surface area (Å²) in [5.41, 5.74) is -1.98. The molecular weight excluding hydrogens is 357 g/mol. The number of benzene rings is 1. The van der Waals surface area contributed by atoms with Gasteiger partial charge in [-0.05, 0) is 23.1 Å². The largest absolute Gasteiger partial charge is 0.505 e. The summed E-state index contributed by atoms with van der Waals surface area (Å²) in [5, 5.41) is 14.0. The van der Waals surface area contributed by atoms with Gasteiger partial charge in [0.2, 0.25) is 0 Å². The SMILES string of the molecule is O=C(NCc1ccccc1C(F)(F)F)c1c(O)c2sccc2[nH]c1=O. The summed E-state index contributed by atoms with van der Waals surface area (Å²) in [6.45, 7) is -0.435. The van der Waals surface area contributed by atoms with Crippen LogP contribution in [0.2, 0.25) is 0 Å². The van der Waals surface area contributed by atoms with Gasteiger partial charge in [-0.2, -0.15) is 13.2 Å². The molecule has 2 aromatic heterocycles. The number of halogens is 3. The van der Waals surface area contributed by atoms with Crippen LogP contribution in [0.1, 0.15) is 21.5 Å². The van der Waals surface area contributed by atoms with Crippen molar-refractivity contribution in [2.24, 2.45) is 0 Å². The predicted octanol–water partition coefficient (Wildman–Crippen LogP) is 3.24. The molecule has 9 heteroatoms. The van der Waals surface area contributed by atoms with Gasteiger partial charge in [0.15, 0.2) is 5.75 Å². The second kappa shape index (κ2) is 6.25. The van der Waals surface area contributed by atoms with Crippen molar-refractivity contribution < 1.29 is 23.1 Å². The van der Waals surface area contributed by atoms with Crippen molar-refractivity contribution in [2.75, 3.05) is 0 Å². The van der Waals surface area contributed by atoms with Crippen LogP contribution in [0.5, 0.6) is 5.75 Å². The number of thiophene rings is 1. The van der Waals surface area contributed by atoms with E-state index >= 15 is 0 Å². The summed E-state index contributed by atoms with van der Waals surface area (Å²) in [5.74, 6) is -1.44. The first-order chi connectivity index (χ1) is 11.8. The zero-order chi connectivity index (χ0) is 18.2. The molecule has 5 nitrogen and oxygen atoms in total. The standard InChI is InChI=1S/C16H11F3N2O3S/c17-16(18,19)9-4-2-1-3-8(9)7-20-14(23)11-12(22)13-10(5-6-25-13)21-15(11)24/h1-6H,7H2,(H,20,23)(H2,21,22,24). The predicted molar refractivity (Wildman–Crippen MR) is 86.7 cm³/mol. The molecule has 0 fully saturated rings. The maximum Gasteiger partial charge on any atom is 0.416 e. The van der Waals surface area contributed by atoms with Crippen molar-refractivity contribution in [2.45, 2.75) is 12.7 Å². The van der Waals surface area contributed by atoms with Crippen LogP contribution in [-0.2, 0) is 12.7 Å². The Morgan fingerprint density at radius 2 is 1.96 bits per heavy atom. The molecule has 0 aliphatic carbocycles. The van der Waals surface area contributed by atoms with E-state index in [-0.39, 0.29) is 5.56 Å². The smallest absolute Gasteiger partial charge is 0.416 e. The van der Waals surface area contributed by atoms with Gasteiger partial charge in [0.25, 0.3) is 11.5 Å². The van der Waals surface area contributed by atoms with Gasteiger partial charge in [-0.15, -0.1) is 11.3 Å². The highest BCUT2D eigenvalue weighted by molar-refractivity contribution is 7.17. The molecule has 3 rings (SSSR count). The molecule has 2 heterocycles. The van der Waals surface area contributed by atoms with Crippen molar-refractivity contribution in [1.29, 1.82) is 0 Å². The Balaban J connectivity index is 1.89. The van der Waals surface area contributed by atoms with Gasteiger partial charge >= 0.3 is 6.18 Å². The van der Waals surface area contributed by atoms with Crippen LogP contribution in [-0.4, -0.2) is 16.0 Å². The number of aromatic hydroxyl groups is 1. The number of nitrogens with one attached hydrogen (secondary N) is 2. The highest BCUT2D eigenvalue weighted by Gasteiger charge is 2.33. The zero-order valence-corrected chi connectivity index (χ0v) is 13.3. The fourth-order valence-corrected chi connectivity index (χ4v) is 3.22. The number of hydrogen-bond acceptors (Lipinski definition) is 4. The number of rotatable bonds is 3. The number of alkyl halides is 3. The molecule has 1 aromatic carbocycles. The number of pyridine rings is 1. The van der Waals surface area contributed by atoms with E-state index in [2.05, 4.69) is 10.3 Å². The summed E-state index contributed by atoms with van der Waals surface area (Å²) in [6, 6.07) is 6.37. The number of H-pyrrole nitrogens is 1. The Morgan fingerprint density at radius 3 is 2.68 bits per heavy atom. The number of carbonyl (C=O) groups excluding carboxylic acids is 1. The minimum atomic E-state index is -4.56. The van der Waals surface area contributed by atoms with Crippen molar-refractivity contribution >= 4 is 27.5 Å². The van der Waals surface area contributed by atoms with Crippen molar-refractivity contribution in [1.82, 2.24) is 10.3 Å². The molecule has 0 radical (unpaired) electrons. The van der Waals surface area contributed by atoms with Gasteiger partial charge in [0, 0.05) is 6.54 Å². The van der Waals surface area contributed by atoms with E-state index in [0.717, 1.165) is 17.4 Å². The lowest BCUT2D eigenvalue weighted by molar-refractivity contribution is -0.138. The molecule has 3 N–H and O–H groups in total. The Morgan fingerprint density at radius 1 is 1.24 bits per heavy atom. The summed E-state index contributed by atoms with van der Waals surface area (Å²) in [4.78, 5) is 26.6. The third-order valence-electron chi connectivity index (χ3n) is 3.58. The summed E-state index contributed by atoms with van der Waals surface area (Å²) in [6.07, 6.45) is -4.56. The molecule has 0 atom stereocenters. The third kappa shape index (κ3) is 3.22. The molecule has 1 amide bonds. The second-order valence-electron chi connectivity index (χ2n) is 5.18. The number of fused-ring (bicyclic) bond motifs is 1. The van der Waals surface area contributed by atoms with Crippen molar-refractivity contribution in [3.8, 4) is 5.75 Å². The Hall–Kier alpha value is -2.81. The van der Waals surface area contributed by atoms with Crippen LogP contribution in [0.25, 0.3) is 10.2 Å². The average molecular weight is 368 g/mol. The van der Waals surface area contributed by atoms with E-state index in [4.69, 9.17) is 0 Å². The average Bonchev–Trinajstić information content (AvgIpc) is 3.01. The van der Waals surface area contributed by atoms with Crippen LogP contribution in [0.3, 0.4) is 0 Å². The van der Waals surface area contributed by atoms with Crippen LogP contribution in [0.15, 0.2) is 40.5 Å². The number of aromatic amines is 1. The van der Waals surface area contributed by atoms with Gasteiger partial charge in [0.05, 0.1) is 15.8 Å². The summed E-state index contributed by atoms with van der Waals surface area (Å²) in [7, 11) is 0. The minimum absolute atomic E-state index is 0.142. The summed E-state index contributed by atoms with van der Waals surface area (Å²) < 4.78 is 39.2. The number of hydrogen-bond donors (Lipinski definition) is 3. The Kier molecular flexibility index (Phi) is 4.25. The lowest BCUT2D eigenvalue weighted by Crippen LogP contribution is -2.30. The van der Waals surface area contributed by atoms with Gasteiger partial charge in [0.1, 0.15) is 5.56 Å². The van der Waals surface area contributed by atoms with E-state index < -0.39 is 41.1 Å². The Labute approximate surface area is 142 Å². The molecular formula is C16H11F3N2O3S. The molecule has 0 saturated carbocycles. The number of aromatic nitrogens is 1. The van der Waals surface area contributed by atoms with Crippen molar-refractivity contribution in [3.63, 3.8) is 0 Å². The molecule has 130 valence electrons. The van der Waals surface area contributed by atoms with E-state index in [1.807, 2.05) is 0 Å². The molecule has 0 unspecified atom stereocenters. The molecule has 0 aliphatic heterocycles. The van der Waals surface area contributed by atoms with Gasteiger partial charge in [-0.3, -0.25) is 9.59 Å². The monoisotopic (exact) mass is 368 g/mol. The second-order valence-corrected chi connectivity index (χ2v) is 6.09. The summed E-state index contributed by atoms with van der Waals surface area (Å²) >= 11 is 1.13. The molecule has 0 bridgehead atoms. The lowest BCUT2D eigenvalue weighted by Gasteiger charge is -2.13. The molecule has 0 saturated heterocycles. The number of carbonyl (C=O) groups is 1. The van der Waals surface area contributed by atoms with Crippen LogP contribution in [0.4, 0.5) is 13.2 Å². The van der Waals surface area contributed by atoms with Crippen molar-refractivity contribution in [3.05, 3.63) is 62.8 Å². The zero-order valence-electron chi connectivity index (χ0n) is 12.5.